The first kappa shape index (κ1) is 7.21. The molecular weight excluding hydrogens is 158 g/mol. The summed E-state index contributed by atoms with van der Waals surface area (Å²) in [6.07, 6.45) is 1.63. The minimum Gasteiger partial charge on any atom is -0.493 e. The zero-order valence-electron chi connectivity index (χ0n) is 6.74. The molecule has 4 heteroatoms. The SMILES string of the molecule is COc1ccnc2c1OCCO2. The van der Waals surface area contributed by atoms with Gasteiger partial charge in [0.25, 0.3) is 5.88 Å². The smallest absolute Gasteiger partial charge is 0.261 e. The molecule has 1 aromatic rings. The lowest BCUT2D eigenvalue weighted by Crippen LogP contribution is -2.16. The van der Waals surface area contributed by atoms with Crippen molar-refractivity contribution < 1.29 is 14.2 Å². The summed E-state index contributed by atoms with van der Waals surface area (Å²) in [5, 5.41) is 0. The molecule has 0 aromatic carbocycles. The Kier molecular flexibility index (Phi) is 1.74. The van der Waals surface area contributed by atoms with Crippen LogP contribution in [-0.4, -0.2) is 25.3 Å². The lowest BCUT2D eigenvalue weighted by atomic mass is 10.4. The standard InChI is InChI=1S/C8H9NO3/c1-10-6-2-3-9-8-7(6)11-4-5-12-8/h2-3H,4-5H2,1H3. The van der Waals surface area contributed by atoms with E-state index in [0.717, 1.165) is 0 Å². The number of rotatable bonds is 1. The molecule has 0 saturated carbocycles. The third kappa shape index (κ3) is 1.05. The summed E-state index contributed by atoms with van der Waals surface area (Å²) in [5.41, 5.74) is 0. The number of nitrogens with zero attached hydrogens (tertiary/aromatic N) is 1. The van der Waals surface area contributed by atoms with E-state index in [1.807, 2.05) is 0 Å². The van der Waals surface area contributed by atoms with Crippen LogP contribution in [0.4, 0.5) is 0 Å². The second-order valence-electron chi connectivity index (χ2n) is 2.34. The maximum absolute atomic E-state index is 5.33. The highest BCUT2D eigenvalue weighted by molar-refractivity contribution is 5.47. The van der Waals surface area contributed by atoms with E-state index in [2.05, 4.69) is 4.98 Å². The minimum atomic E-state index is 0.514. The number of fused-ring (bicyclic) bond motifs is 1. The van der Waals surface area contributed by atoms with Crippen LogP contribution in [0.2, 0.25) is 0 Å². The summed E-state index contributed by atoms with van der Waals surface area (Å²) in [5.74, 6) is 1.78. The second kappa shape index (κ2) is 2.89. The average molecular weight is 167 g/mol. The molecule has 0 unspecified atom stereocenters. The quantitative estimate of drug-likeness (QED) is 0.622. The molecule has 1 aromatic heterocycles. The Morgan fingerprint density at radius 1 is 1.42 bits per heavy atom. The van der Waals surface area contributed by atoms with Gasteiger partial charge in [0.05, 0.1) is 7.11 Å². The van der Waals surface area contributed by atoms with Crippen molar-refractivity contribution in [2.75, 3.05) is 20.3 Å². The van der Waals surface area contributed by atoms with Crippen molar-refractivity contribution in [2.45, 2.75) is 0 Å². The molecule has 0 aliphatic carbocycles. The van der Waals surface area contributed by atoms with E-state index >= 15 is 0 Å². The van der Waals surface area contributed by atoms with Gasteiger partial charge in [0.2, 0.25) is 5.75 Å². The molecule has 2 heterocycles. The predicted octanol–water partition coefficient (Wildman–Crippen LogP) is 0.861. The number of aromatic nitrogens is 1. The normalized spacial score (nSPS) is 14.1. The number of methoxy groups -OCH3 is 1. The highest BCUT2D eigenvalue weighted by Gasteiger charge is 2.17. The number of pyridine rings is 1. The Morgan fingerprint density at radius 2 is 2.25 bits per heavy atom. The summed E-state index contributed by atoms with van der Waals surface area (Å²) in [6.45, 7) is 1.10. The third-order valence-electron chi connectivity index (χ3n) is 1.62. The Hall–Kier alpha value is -1.45. The molecule has 64 valence electrons. The molecule has 12 heavy (non-hydrogen) atoms. The van der Waals surface area contributed by atoms with Crippen LogP contribution in [0.5, 0.6) is 17.4 Å². The molecule has 2 rings (SSSR count). The van der Waals surface area contributed by atoms with Crippen molar-refractivity contribution in [1.29, 1.82) is 0 Å². The Bertz CT molecular complexity index is 273. The molecule has 1 aliphatic rings. The molecular formula is C8H9NO3. The van der Waals surface area contributed by atoms with Crippen LogP contribution >= 0.6 is 0 Å². The molecule has 0 radical (unpaired) electrons. The summed E-state index contributed by atoms with van der Waals surface area (Å²) in [4.78, 5) is 4.00. The topological polar surface area (TPSA) is 40.6 Å². The summed E-state index contributed by atoms with van der Waals surface area (Å²) < 4.78 is 15.7. The fourth-order valence-corrected chi connectivity index (χ4v) is 1.09. The highest BCUT2D eigenvalue weighted by atomic mass is 16.6. The van der Waals surface area contributed by atoms with Gasteiger partial charge in [-0.2, -0.15) is 0 Å². The Balaban J connectivity index is 2.44. The van der Waals surface area contributed by atoms with Crippen LogP contribution in [0.3, 0.4) is 0 Å². The van der Waals surface area contributed by atoms with E-state index in [9.17, 15) is 0 Å². The van der Waals surface area contributed by atoms with Gasteiger partial charge in [-0.3, -0.25) is 0 Å². The van der Waals surface area contributed by atoms with Gasteiger partial charge in [-0.15, -0.1) is 0 Å². The largest absolute Gasteiger partial charge is 0.493 e. The zero-order chi connectivity index (χ0) is 8.39. The lowest BCUT2D eigenvalue weighted by Gasteiger charge is -2.18. The van der Waals surface area contributed by atoms with Crippen LogP contribution < -0.4 is 14.2 Å². The number of hydrogen-bond donors (Lipinski definition) is 0. The second-order valence-corrected chi connectivity index (χ2v) is 2.34. The van der Waals surface area contributed by atoms with E-state index in [1.165, 1.54) is 0 Å². The lowest BCUT2D eigenvalue weighted by molar-refractivity contribution is 0.158. The average Bonchev–Trinajstić information content (AvgIpc) is 2.17. The van der Waals surface area contributed by atoms with Crippen molar-refractivity contribution in [1.82, 2.24) is 4.98 Å². The number of ether oxygens (including phenoxy) is 3. The first-order chi connectivity index (χ1) is 5.92. The first-order valence-corrected chi connectivity index (χ1v) is 3.70. The van der Waals surface area contributed by atoms with Crippen LogP contribution in [0.15, 0.2) is 12.3 Å². The Morgan fingerprint density at radius 3 is 3.08 bits per heavy atom. The fraction of sp³-hybridized carbons (Fsp3) is 0.375. The van der Waals surface area contributed by atoms with Crippen molar-refractivity contribution >= 4 is 0 Å². The van der Waals surface area contributed by atoms with Gasteiger partial charge in [-0.25, -0.2) is 4.98 Å². The highest BCUT2D eigenvalue weighted by Crippen LogP contribution is 2.36. The molecule has 0 saturated heterocycles. The molecule has 0 spiro atoms. The Labute approximate surface area is 70.1 Å². The van der Waals surface area contributed by atoms with Crippen molar-refractivity contribution in [3.8, 4) is 17.4 Å². The first-order valence-electron chi connectivity index (χ1n) is 3.70. The fourth-order valence-electron chi connectivity index (χ4n) is 1.09. The minimum absolute atomic E-state index is 0.514. The third-order valence-corrected chi connectivity index (χ3v) is 1.62. The van der Waals surface area contributed by atoms with Gasteiger partial charge in [-0.05, 0) is 0 Å². The van der Waals surface area contributed by atoms with Crippen LogP contribution in [0, 0.1) is 0 Å². The van der Waals surface area contributed by atoms with Crippen LogP contribution in [0.1, 0.15) is 0 Å². The van der Waals surface area contributed by atoms with Crippen molar-refractivity contribution in [3.63, 3.8) is 0 Å². The predicted molar refractivity (Wildman–Crippen MR) is 41.8 cm³/mol. The van der Waals surface area contributed by atoms with Gasteiger partial charge in [-0.1, -0.05) is 0 Å². The van der Waals surface area contributed by atoms with E-state index in [-0.39, 0.29) is 0 Å². The summed E-state index contributed by atoms with van der Waals surface area (Å²) in [7, 11) is 1.59. The summed E-state index contributed by atoms with van der Waals surface area (Å²) in [6, 6.07) is 1.74. The van der Waals surface area contributed by atoms with Crippen molar-refractivity contribution in [3.05, 3.63) is 12.3 Å². The maximum atomic E-state index is 5.33. The molecule has 0 amide bonds. The molecule has 0 atom stereocenters. The molecule has 0 fully saturated rings. The van der Waals surface area contributed by atoms with Crippen molar-refractivity contribution in [2.24, 2.45) is 0 Å². The van der Waals surface area contributed by atoms with Gasteiger partial charge < -0.3 is 14.2 Å². The zero-order valence-corrected chi connectivity index (χ0v) is 6.74. The molecule has 1 aliphatic heterocycles. The monoisotopic (exact) mass is 167 g/mol. The van der Waals surface area contributed by atoms with E-state index in [1.54, 1.807) is 19.4 Å². The molecule has 4 nitrogen and oxygen atoms in total. The maximum Gasteiger partial charge on any atom is 0.261 e. The summed E-state index contributed by atoms with van der Waals surface area (Å²) >= 11 is 0. The van der Waals surface area contributed by atoms with Gasteiger partial charge in [0, 0.05) is 12.3 Å². The van der Waals surface area contributed by atoms with Gasteiger partial charge in [0.15, 0.2) is 5.75 Å². The van der Waals surface area contributed by atoms with E-state index < -0.39 is 0 Å². The van der Waals surface area contributed by atoms with Gasteiger partial charge >= 0.3 is 0 Å². The van der Waals surface area contributed by atoms with Crippen LogP contribution in [0.25, 0.3) is 0 Å². The van der Waals surface area contributed by atoms with Crippen LogP contribution in [-0.2, 0) is 0 Å². The van der Waals surface area contributed by atoms with E-state index in [0.29, 0.717) is 30.6 Å². The van der Waals surface area contributed by atoms with Gasteiger partial charge in [0.1, 0.15) is 13.2 Å². The van der Waals surface area contributed by atoms with E-state index in [4.69, 9.17) is 14.2 Å². The molecule has 0 N–H and O–H groups in total. The molecule has 0 bridgehead atoms. The number of hydrogen-bond acceptors (Lipinski definition) is 4.